The van der Waals surface area contributed by atoms with Crippen LogP contribution < -0.4 is 15.2 Å². The molecule has 0 saturated carbocycles. The van der Waals surface area contributed by atoms with Gasteiger partial charge >= 0.3 is 0 Å². The van der Waals surface area contributed by atoms with Crippen molar-refractivity contribution in [2.45, 2.75) is 0 Å². The molecule has 6 nitrogen and oxygen atoms in total. The molecular formula is C14H14N4O2. The first kappa shape index (κ1) is 12.3. The van der Waals surface area contributed by atoms with Gasteiger partial charge in [-0.1, -0.05) is 0 Å². The number of fused-ring (bicyclic) bond motifs is 1. The van der Waals surface area contributed by atoms with E-state index in [-0.39, 0.29) is 0 Å². The highest BCUT2D eigenvalue weighted by molar-refractivity contribution is 5.77. The lowest BCUT2D eigenvalue weighted by atomic mass is 10.2. The second-order valence-electron chi connectivity index (χ2n) is 4.19. The van der Waals surface area contributed by atoms with Crippen molar-refractivity contribution in [1.82, 2.24) is 14.5 Å². The largest absolute Gasteiger partial charge is 0.497 e. The maximum atomic E-state index is 6.02. The minimum absolute atomic E-state index is 0.352. The van der Waals surface area contributed by atoms with Gasteiger partial charge in [0.2, 0.25) is 5.95 Å². The number of imidazole rings is 1. The average molecular weight is 270 g/mol. The van der Waals surface area contributed by atoms with Crippen molar-refractivity contribution in [3.63, 3.8) is 0 Å². The van der Waals surface area contributed by atoms with Crippen molar-refractivity contribution in [1.29, 1.82) is 0 Å². The summed E-state index contributed by atoms with van der Waals surface area (Å²) in [4.78, 5) is 8.64. The molecule has 6 heteroatoms. The summed E-state index contributed by atoms with van der Waals surface area (Å²) in [6, 6.07) is 9.17. The van der Waals surface area contributed by atoms with Gasteiger partial charge in [0, 0.05) is 12.3 Å². The molecule has 0 unspecified atom stereocenters. The Labute approximate surface area is 115 Å². The number of benzene rings is 1. The topological polar surface area (TPSA) is 75.2 Å². The van der Waals surface area contributed by atoms with E-state index in [1.54, 1.807) is 25.0 Å². The second kappa shape index (κ2) is 4.73. The molecule has 0 fully saturated rings. The SMILES string of the molecule is COc1ccc(OC)c(-n2c(N)nc3cccnc32)c1. The molecule has 2 aromatic heterocycles. The highest BCUT2D eigenvalue weighted by atomic mass is 16.5. The Morgan fingerprint density at radius 3 is 2.75 bits per heavy atom. The van der Waals surface area contributed by atoms with Crippen molar-refractivity contribution in [3.05, 3.63) is 36.5 Å². The zero-order valence-electron chi connectivity index (χ0n) is 11.2. The summed E-state index contributed by atoms with van der Waals surface area (Å²) in [7, 11) is 3.22. The van der Waals surface area contributed by atoms with E-state index in [1.165, 1.54) is 0 Å². The van der Waals surface area contributed by atoms with Gasteiger partial charge in [-0.3, -0.25) is 4.57 Å². The third-order valence-corrected chi connectivity index (χ3v) is 3.07. The van der Waals surface area contributed by atoms with Crippen LogP contribution >= 0.6 is 0 Å². The van der Waals surface area contributed by atoms with Gasteiger partial charge in [0.1, 0.15) is 17.0 Å². The smallest absolute Gasteiger partial charge is 0.207 e. The van der Waals surface area contributed by atoms with E-state index in [2.05, 4.69) is 9.97 Å². The Bertz CT molecular complexity index is 767. The quantitative estimate of drug-likeness (QED) is 0.788. The second-order valence-corrected chi connectivity index (χ2v) is 4.19. The average Bonchev–Trinajstić information content (AvgIpc) is 2.82. The minimum Gasteiger partial charge on any atom is -0.497 e. The van der Waals surface area contributed by atoms with Crippen LogP contribution in [0.3, 0.4) is 0 Å². The van der Waals surface area contributed by atoms with E-state index in [0.717, 1.165) is 11.2 Å². The maximum Gasteiger partial charge on any atom is 0.207 e. The predicted octanol–water partition coefficient (Wildman–Crippen LogP) is 2.02. The van der Waals surface area contributed by atoms with Gasteiger partial charge in [0.05, 0.1) is 19.9 Å². The number of nitrogen functional groups attached to an aromatic ring is 1. The van der Waals surface area contributed by atoms with Crippen molar-refractivity contribution in [2.75, 3.05) is 20.0 Å². The van der Waals surface area contributed by atoms with E-state index in [0.29, 0.717) is 23.1 Å². The van der Waals surface area contributed by atoms with E-state index >= 15 is 0 Å². The number of anilines is 1. The van der Waals surface area contributed by atoms with Crippen LogP contribution in [-0.4, -0.2) is 28.8 Å². The Kier molecular flexibility index (Phi) is 2.90. The maximum absolute atomic E-state index is 6.02. The van der Waals surface area contributed by atoms with E-state index in [4.69, 9.17) is 15.2 Å². The molecule has 0 atom stereocenters. The van der Waals surface area contributed by atoms with Gasteiger partial charge in [-0.2, -0.15) is 0 Å². The molecule has 2 heterocycles. The molecule has 0 spiro atoms. The van der Waals surface area contributed by atoms with Gasteiger partial charge in [-0.05, 0) is 24.3 Å². The Morgan fingerprint density at radius 2 is 2.00 bits per heavy atom. The first-order valence-electron chi connectivity index (χ1n) is 6.06. The van der Waals surface area contributed by atoms with Crippen LogP contribution in [0.25, 0.3) is 16.9 Å². The molecule has 20 heavy (non-hydrogen) atoms. The summed E-state index contributed by atoms with van der Waals surface area (Å²) in [5, 5.41) is 0. The molecule has 0 amide bonds. The summed E-state index contributed by atoms with van der Waals surface area (Å²) in [5.74, 6) is 1.73. The lowest BCUT2D eigenvalue weighted by Gasteiger charge is -2.12. The lowest BCUT2D eigenvalue weighted by molar-refractivity contribution is 0.402. The van der Waals surface area contributed by atoms with Gasteiger partial charge in [-0.25, -0.2) is 9.97 Å². The van der Waals surface area contributed by atoms with Crippen molar-refractivity contribution in [3.8, 4) is 17.2 Å². The molecule has 2 N–H and O–H groups in total. The van der Waals surface area contributed by atoms with Crippen molar-refractivity contribution >= 4 is 17.1 Å². The fourth-order valence-electron chi connectivity index (χ4n) is 2.14. The number of aromatic nitrogens is 3. The van der Waals surface area contributed by atoms with Crippen molar-refractivity contribution in [2.24, 2.45) is 0 Å². The minimum atomic E-state index is 0.352. The van der Waals surface area contributed by atoms with Crippen LogP contribution in [0.5, 0.6) is 11.5 Å². The lowest BCUT2D eigenvalue weighted by Crippen LogP contribution is -2.04. The van der Waals surface area contributed by atoms with Crippen LogP contribution in [-0.2, 0) is 0 Å². The standard InChI is InChI=1S/C14H14N4O2/c1-19-9-5-6-12(20-2)11(8-9)18-13-10(17-14(18)15)4-3-7-16-13/h3-8H,1-2H3,(H2,15,17). The molecule has 3 rings (SSSR count). The number of methoxy groups -OCH3 is 2. The van der Waals surface area contributed by atoms with Crippen LogP contribution in [0.1, 0.15) is 0 Å². The fourth-order valence-corrected chi connectivity index (χ4v) is 2.14. The highest BCUT2D eigenvalue weighted by Gasteiger charge is 2.15. The van der Waals surface area contributed by atoms with E-state index < -0.39 is 0 Å². The van der Waals surface area contributed by atoms with Crippen LogP contribution in [0.2, 0.25) is 0 Å². The molecule has 0 bridgehead atoms. The predicted molar refractivity (Wildman–Crippen MR) is 76.4 cm³/mol. The summed E-state index contributed by atoms with van der Waals surface area (Å²) in [5.41, 5.74) is 8.17. The van der Waals surface area contributed by atoms with Gasteiger partial charge < -0.3 is 15.2 Å². The summed E-state index contributed by atoms with van der Waals surface area (Å²) in [6.45, 7) is 0. The number of hydrogen-bond acceptors (Lipinski definition) is 5. The zero-order chi connectivity index (χ0) is 14.1. The number of nitrogens with zero attached hydrogens (tertiary/aromatic N) is 3. The Morgan fingerprint density at radius 1 is 1.15 bits per heavy atom. The van der Waals surface area contributed by atoms with E-state index in [1.807, 2.05) is 30.3 Å². The Balaban J connectivity index is 2.32. The summed E-state index contributed by atoms with van der Waals surface area (Å²) >= 11 is 0. The molecule has 3 aromatic rings. The molecule has 0 saturated heterocycles. The van der Waals surface area contributed by atoms with Crippen LogP contribution in [0.4, 0.5) is 5.95 Å². The summed E-state index contributed by atoms with van der Waals surface area (Å²) < 4.78 is 12.4. The van der Waals surface area contributed by atoms with Crippen molar-refractivity contribution < 1.29 is 9.47 Å². The van der Waals surface area contributed by atoms with Gasteiger partial charge in [-0.15, -0.1) is 0 Å². The normalized spacial score (nSPS) is 10.7. The summed E-state index contributed by atoms with van der Waals surface area (Å²) in [6.07, 6.45) is 1.70. The van der Waals surface area contributed by atoms with Crippen LogP contribution in [0.15, 0.2) is 36.5 Å². The molecular weight excluding hydrogens is 256 g/mol. The molecule has 0 aliphatic carbocycles. The first-order chi connectivity index (χ1) is 9.74. The third-order valence-electron chi connectivity index (χ3n) is 3.07. The number of nitrogens with two attached hydrogens (primary N) is 1. The van der Waals surface area contributed by atoms with Gasteiger partial charge in [0.15, 0.2) is 5.65 Å². The number of ether oxygens (including phenoxy) is 2. The molecule has 1 aromatic carbocycles. The molecule has 0 radical (unpaired) electrons. The van der Waals surface area contributed by atoms with Crippen LogP contribution in [0, 0.1) is 0 Å². The van der Waals surface area contributed by atoms with Gasteiger partial charge in [0.25, 0.3) is 0 Å². The zero-order valence-corrected chi connectivity index (χ0v) is 11.2. The Hall–Kier alpha value is -2.76. The number of pyridine rings is 1. The molecule has 102 valence electrons. The first-order valence-corrected chi connectivity index (χ1v) is 6.06. The highest BCUT2D eigenvalue weighted by Crippen LogP contribution is 2.31. The number of rotatable bonds is 3. The van der Waals surface area contributed by atoms with E-state index in [9.17, 15) is 0 Å². The molecule has 0 aliphatic heterocycles. The monoisotopic (exact) mass is 270 g/mol. The third kappa shape index (κ3) is 1.82. The molecule has 0 aliphatic rings. The fraction of sp³-hybridized carbons (Fsp3) is 0.143. The number of hydrogen-bond donors (Lipinski definition) is 1.